The Kier molecular flexibility index (Phi) is 5.01. The van der Waals surface area contributed by atoms with E-state index in [0.29, 0.717) is 5.69 Å². The summed E-state index contributed by atoms with van der Waals surface area (Å²) < 4.78 is 23.8. The summed E-state index contributed by atoms with van der Waals surface area (Å²) in [5.41, 5.74) is 2.78. The molecule has 0 radical (unpaired) electrons. The second-order valence-corrected chi connectivity index (χ2v) is 9.88. The second kappa shape index (κ2) is 7.49. The number of nitro groups is 1. The molecular formula is C20H19N3O4S2. The first kappa shape index (κ1) is 19.4. The summed E-state index contributed by atoms with van der Waals surface area (Å²) in [6.07, 6.45) is 1.99. The molecular weight excluding hydrogens is 410 g/mol. The fraction of sp³-hybridized carbons (Fsp3) is 0.200. The number of benzene rings is 2. The van der Waals surface area contributed by atoms with Crippen LogP contribution >= 0.6 is 11.3 Å². The van der Waals surface area contributed by atoms with Gasteiger partial charge in [-0.1, -0.05) is 6.07 Å². The van der Waals surface area contributed by atoms with Crippen LogP contribution in [0.5, 0.6) is 0 Å². The van der Waals surface area contributed by atoms with Gasteiger partial charge in [0, 0.05) is 35.6 Å². The number of hydrogen-bond acceptors (Lipinski definition) is 7. The molecule has 4 rings (SSSR count). The first-order valence-corrected chi connectivity index (χ1v) is 11.7. The lowest BCUT2D eigenvalue weighted by Crippen LogP contribution is -2.29. The van der Waals surface area contributed by atoms with E-state index in [4.69, 9.17) is 0 Å². The number of fused-ring (bicyclic) bond motifs is 1. The van der Waals surface area contributed by atoms with E-state index in [2.05, 4.69) is 21.7 Å². The molecule has 3 aromatic rings. The van der Waals surface area contributed by atoms with Crippen molar-refractivity contribution in [3.63, 3.8) is 0 Å². The van der Waals surface area contributed by atoms with Gasteiger partial charge < -0.3 is 10.2 Å². The van der Waals surface area contributed by atoms with E-state index in [9.17, 15) is 18.5 Å². The summed E-state index contributed by atoms with van der Waals surface area (Å²) in [5.74, 6) is 0. The summed E-state index contributed by atoms with van der Waals surface area (Å²) in [7, 11) is -3.72. The Hall–Kier alpha value is -2.91. The molecule has 0 unspecified atom stereocenters. The highest BCUT2D eigenvalue weighted by Gasteiger charge is 2.26. The zero-order chi connectivity index (χ0) is 20.6. The van der Waals surface area contributed by atoms with Crippen molar-refractivity contribution >= 4 is 43.9 Å². The summed E-state index contributed by atoms with van der Waals surface area (Å²) in [4.78, 5) is 14.3. The van der Waals surface area contributed by atoms with Gasteiger partial charge in [-0.25, -0.2) is 8.42 Å². The van der Waals surface area contributed by atoms with Gasteiger partial charge in [-0.2, -0.15) is 0 Å². The van der Waals surface area contributed by atoms with Crippen LogP contribution in [0.2, 0.25) is 0 Å². The third-order valence-electron chi connectivity index (χ3n) is 4.90. The van der Waals surface area contributed by atoms with Gasteiger partial charge in [-0.15, -0.1) is 11.3 Å². The average Bonchev–Trinajstić information content (AvgIpc) is 3.15. The molecule has 0 aliphatic carbocycles. The van der Waals surface area contributed by atoms with Crippen LogP contribution < -0.4 is 10.2 Å². The molecule has 0 amide bonds. The van der Waals surface area contributed by atoms with Crippen LogP contribution in [-0.4, -0.2) is 26.1 Å². The maximum absolute atomic E-state index is 11.9. The fourth-order valence-electron chi connectivity index (χ4n) is 3.49. The zero-order valence-electron chi connectivity index (χ0n) is 15.7. The molecule has 0 atom stereocenters. The fourth-order valence-corrected chi connectivity index (χ4v) is 5.24. The summed E-state index contributed by atoms with van der Waals surface area (Å²) in [6.45, 7) is 1.82. The number of nitrogens with one attached hydrogen (secondary N) is 1. The smallest absolute Gasteiger partial charge is 0.311 e. The van der Waals surface area contributed by atoms with Crippen molar-refractivity contribution in [2.75, 3.05) is 23.0 Å². The third kappa shape index (κ3) is 3.96. The van der Waals surface area contributed by atoms with Crippen molar-refractivity contribution in [3.8, 4) is 0 Å². The largest absolute Gasteiger partial charge is 0.367 e. The molecule has 1 N–H and O–H groups in total. The quantitative estimate of drug-likeness (QED) is 0.478. The Balaban J connectivity index is 1.58. The van der Waals surface area contributed by atoms with Crippen LogP contribution in [0.25, 0.3) is 0 Å². The van der Waals surface area contributed by atoms with Gasteiger partial charge in [0.25, 0.3) is 0 Å². The lowest BCUT2D eigenvalue weighted by molar-refractivity contribution is -0.386. The van der Waals surface area contributed by atoms with Crippen LogP contribution in [0.15, 0.2) is 58.8 Å². The number of nitro benzene ring substituents is 1. The van der Waals surface area contributed by atoms with Crippen LogP contribution in [0.1, 0.15) is 10.4 Å². The van der Waals surface area contributed by atoms with Crippen LogP contribution in [-0.2, 0) is 22.8 Å². The second-order valence-electron chi connectivity index (χ2n) is 6.89. The van der Waals surface area contributed by atoms with Gasteiger partial charge in [0.05, 0.1) is 4.92 Å². The van der Waals surface area contributed by atoms with E-state index in [1.54, 1.807) is 11.3 Å². The predicted octanol–water partition coefficient (Wildman–Crippen LogP) is 4.37. The van der Waals surface area contributed by atoms with Gasteiger partial charge >= 0.3 is 5.69 Å². The normalized spacial score (nSPS) is 13.8. The first-order chi connectivity index (χ1) is 13.8. The van der Waals surface area contributed by atoms with Gasteiger partial charge in [-0.3, -0.25) is 10.1 Å². The van der Waals surface area contributed by atoms with Gasteiger partial charge in [0.15, 0.2) is 9.84 Å². The van der Waals surface area contributed by atoms with Crippen molar-refractivity contribution in [3.05, 3.63) is 74.5 Å². The molecule has 7 nitrogen and oxygen atoms in total. The van der Waals surface area contributed by atoms with Gasteiger partial charge in [0.2, 0.25) is 0 Å². The third-order valence-corrected chi connectivity index (χ3v) is 7.05. The Morgan fingerprint density at radius 2 is 1.90 bits per heavy atom. The Bertz CT molecular complexity index is 1170. The highest BCUT2D eigenvalue weighted by Crippen LogP contribution is 2.34. The van der Waals surface area contributed by atoms with Crippen LogP contribution in [0.3, 0.4) is 0 Å². The van der Waals surface area contributed by atoms with E-state index in [0.717, 1.165) is 31.5 Å². The van der Waals surface area contributed by atoms with E-state index in [1.807, 2.05) is 24.3 Å². The monoisotopic (exact) mass is 429 g/mol. The zero-order valence-corrected chi connectivity index (χ0v) is 17.3. The number of para-hydroxylation sites is 1. The standard InChI is InChI=1S/C20H19N3O4S2/c1-29(26,27)19-4-2-3-17(20(19)23(24)25)21-15-5-7-16(8-6-15)22-11-9-18-14(13-22)10-12-28-18/h2-8,10,12,21H,9,11,13H2,1H3. The Morgan fingerprint density at radius 1 is 1.14 bits per heavy atom. The minimum atomic E-state index is -3.72. The molecule has 0 fully saturated rings. The van der Waals surface area contributed by atoms with Crippen molar-refractivity contribution in [1.29, 1.82) is 0 Å². The lowest BCUT2D eigenvalue weighted by atomic mass is 10.1. The summed E-state index contributed by atoms with van der Waals surface area (Å²) in [5, 5.41) is 16.6. The SMILES string of the molecule is CS(=O)(=O)c1cccc(Nc2ccc(N3CCc4sccc4C3)cc2)c1[N+](=O)[O-]. The Labute approximate surface area is 172 Å². The van der Waals surface area contributed by atoms with E-state index < -0.39 is 20.4 Å². The maximum atomic E-state index is 11.9. The highest BCUT2D eigenvalue weighted by atomic mass is 32.2. The van der Waals surface area contributed by atoms with Crippen molar-refractivity contribution in [1.82, 2.24) is 0 Å². The first-order valence-electron chi connectivity index (χ1n) is 8.97. The summed E-state index contributed by atoms with van der Waals surface area (Å²) in [6, 6.07) is 14.0. The molecule has 0 saturated carbocycles. The maximum Gasteiger partial charge on any atom is 0.311 e. The number of nitrogens with zero attached hydrogens (tertiary/aromatic N) is 2. The number of anilines is 3. The van der Waals surface area contributed by atoms with Crippen molar-refractivity contribution < 1.29 is 13.3 Å². The van der Waals surface area contributed by atoms with Gasteiger partial charge in [0.1, 0.15) is 10.6 Å². The highest BCUT2D eigenvalue weighted by molar-refractivity contribution is 7.90. The molecule has 2 aromatic carbocycles. The molecule has 9 heteroatoms. The molecule has 0 spiro atoms. The van der Waals surface area contributed by atoms with E-state index >= 15 is 0 Å². The lowest BCUT2D eigenvalue weighted by Gasteiger charge is -2.29. The van der Waals surface area contributed by atoms with E-state index in [-0.39, 0.29) is 10.6 Å². The van der Waals surface area contributed by atoms with Crippen LogP contribution in [0.4, 0.5) is 22.7 Å². The number of rotatable bonds is 5. The Morgan fingerprint density at radius 3 is 2.59 bits per heavy atom. The predicted molar refractivity (Wildman–Crippen MR) is 115 cm³/mol. The van der Waals surface area contributed by atoms with Crippen LogP contribution in [0, 0.1) is 10.1 Å². The number of thiophene rings is 1. The van der Waals surface area contributed by atoms with Crippen molar-refractivity contribution in [2.45, 2.75) is 17.9 Å². The molecule has 29 heavy (non-hydrogen) atoms. The minimum absolute atomic E-state index is 0.145. The average molecular weight is 430 g/mol. The molecule has 1 aliphatic rings. The van der Waals surface area contributed by atoms with E-state index in [1.165, 1.54) is 28.6 Å². The molecule has 0 saturated heterocycles. The molecule has 0 bridgehead atoms. The molecule has 150 valence electrons. The number of sulfone groups is 1. The van der Waals surface area contributed by atoms with Gasteiger partial charge in [-0.05, 0) is 59.8 Å². The molecule has 1 aromatic heterocycles. The summed E-state index contributed by atoms with van der Waals surface area (Å²) >= 11 is 1.80. The topological polar surface area (TPSA) is 92.6 Å². The van der Waals surface area contributed by atoms with Crippen molar-refractivity contribution in [2.24, 2.45) is 0 Å². The number of hydrogen-bond donors (Lipinski definition) is 1. The molecule has 1 aliphatic heterocycles. The molecule has 2 heterocycles. The minimum Gasteiger partial charge on any atom is -0.367 e.